The van der Waals surface area contributed by atoms with Crippen LogP contribution in [0.1, 0.15) is 10.4 Å². The van der Waals surface area contributed by atoms with Gasteiger partial charge in [-0.25, -0.2) is 4.98 Å². The number of hydrogen-bond acceptors (Lipinski definition) is 3. The van der Waals surface area contributed by atoms with E-state index in [0.717, 1.165) is 11.3 Å². The number of Topliss-reactive ketones (excluding diaryl/α,β-unsaturated/α-hetero) is 1. The fraction of sp³-hybridized carbons (Fsp3) is 0.100. The van der Waals surface area contributed by atoms with Gasteiger partial charge in [0.25, 0.3) is 0 Å². The van der Waals surface area contributed by atoms with Gasteiger partial charge < -0.3 is 9.47 Å². The van der Waals surface area contributed by atoms with Crippen LogP contribution in [0.15, 0.2) is 67.3 Å². The molecule has 0 saturated carbocycles. The number of allylic oxidation sites excluding steroid dienone is 1. The number of hydrogen-bond donors (Lipinski definition) is 0. The minimum atomic E-state index is -0.211. The molecule has 0 spiro atoms. The van der Waals surface area contributed by atoms with Crippen LogP contribution in [0.3, 0.4) is 0 Å². The first-order valence-corrected chi connectivity index (χ1v) is 8.69. The Morgan fingerprint density at radius 1 is 1.12 bits per heavy atom. The van der Waals surface area contributed by atoms with Crippen molar-refractivity contribution < 1.29 is 4.79 Å². The predicted molar refractivity (Wildman–Crippen MR) is 106 cm³/mol. The molecule has 3 aromatic rings. The van der Waals surface area contributed by atoms with Crippen molar-refractivity contribution in [2.24, 2.45) is 0 Å². The highest BCUT2D eigenvalue weighted by molar-refractivity contribution is 6.39. The van der Waals surface area contributed by atoms with E-state index in [1.54, 1.807) is 40.2 Å². The summed E-state index contributed by atoms with van der Waals surface area (Å²) in [5, 5.41) is 0.800. The SMILES string of the molecule is CN(C)/C=C(\C(=O)c1ccc(Cl)cc1Cl)n1cnc(-c2ccccc2)c1. The first-order valence-electron chi connectivity index (χ1n) is 7.93. The van der Waals surface area contributed by atoms with Crippen LogP contribution in [0.25, 0.3) is 17.0 Å². The number of imidazole rings is 1. The van der Waals surface area contributed by atoms with Gasteiger partial charge in [-0.1, -0.05) is 53.5 Å². The van der Waals surface area contributed by atoms with Gasteiger partial charge in [0.05, 0.1) is 10.7 Å². The molecule has 0 aliphatic rings. The molecule has 2 aromatic carbocycles. The van der Waals surface area contributed by atoms with Crippen LogP contribution in [0, 0.1) is 0 Å². The molecule has 0 unspecified atom stereocenters. The lowest BCUT2D eigenvalue weighted by atomic mass is 10.1. The smallest absolute Gasteiger partial charge is 0.212 e. The van der Waals surface area contributed by atoms with Crippen molar-refractivity contribution in [2.45, 2.75) is 0 Å². The fourth-order valence-corrected chi connectivity index (χ4v) is 3.01. The Labute approximate surface area is 162 Å². The van der Waals surface area contributed by atoms with Crippen LogP contribution in [-0.4, -0.2) is 34.3 Å². The lowest BCUT2D eigenvalue weighted by molar-refractivity contribution is 0.105. The highest BCUT2D eigenvalue weighted by Crippen LogP contribution is 2.26. The average molecular weight is 386 g/mol. The Balaban J connectivity index is 2.02. The number of carbonyl (C=O) groups excluding carboxylic acids is 1. The topological polar surface area (TPSA) is 38.1 Å². The minimum absolute atomic E-state index is 0.211. The number of carbonyl (C=O) groups is 1. The highest BCUT2D eigenvalue weighted by Gasteiger charge is 2.19. The summed E-state index contributed by atoms with van der Waals surface area (Å²) in [6.07, 6.45) is 5.19. The van der Waals surface area contributed by atoms with Crippen LogP contribution >= 0.6 is 23.2 Å². The van der Waals surface area contributed by atoms with Gasteiger partial charge in [-0.05, 0) is 18.2 Å². The van der Waals surface area contributed by atoms with Crippen molar-refractivity contribution in [3.8, 4) is 11.3 Å². The molecule has 0 radical (unpaired) electrons. The summed E-state index contributed by atoms with van der Waals surface area (Å²) in [7, 11) is 3.71. The van der Waals surface area contributed by atoms with E-state index in [2.05, 4.69) is 4.98 Å². The Morgan fingerprint density at radius 2 is 1.85 bits per heavy atom. The molecule has 1 heterocycles. The maximum Gasteiger partial charge on any atom is 0.212 e. The van der Waals surface area contributed by atoms with Crippen molar-refractivity contribution in [2.75, 3.05) is 14.1 Å². The van der Waals surface area contributed by atoms with Gasteiger partial charge in [-0.2, -0.15) is 0 Å². The first kappa shape index (κ1) is 18.2. The molecule has 0 fully saturated rings. The van der Waals surface area contributed by atoms with Crippen molar-refractivity contribution >= 4 is 34.7 Å². The molecule has 0 aliphatic heterocycles. The van der Waals surface area contributed by atoms with Gasteiger partial charge in [-0.3, -0.25) is 4.79 Å². The first-order chi connectivity index (χ1) is 12.5. The quantitative estimate of drug-likeness (QED) is 0.452. The molecule has 1 aromatic heterocycles. The zero-order valence-electron chi connectivity index (χ0n) is 14.4. The molecular formula is C20H17Cl2N3O. The van der Waals surface area contributed by atoms with E-state index in [1.807, 2.05) is 50.6 Å². The molecule has 6 heteroatoms. The normalized spacial score (nSPS) is 11.5. The molecule has 0 bridgehead atoms. The van der Waals surface area contributed by atoms with Gasteiger partial charge in [0.15, 0.2) is 0 Å². The van der Waals surface area contributed by atoms with E-state index < -0.39 is 0 Å². The number of aromatic nitrogens is 2. The monoisotopic (exact) mass is 385 g/mol. The second-order valence-electron chi connectivity index (χ2n) is 5.96. The second kappa shape index (κ2) is 7.77. The van der Waals surface area contributed by atoms with Gasteiger partial charge in [0, 0.05) is 42.6 Å². The molecule has 0 saturated heterocycles. The largest absolute Gasteiger partial charge is 0.382 e. The highest BCUT2D eigenvalue weighted by atomic mass is 35.5. The van der Waals surface area contributed by atoms with Crippen LogP contribution in [0.4, 0.5) is 0 Å². The number of ketones is 1. The molecule has 26 heavy (non-hydrogen) atoms. The molecule has 4 nitrogen and oxygen atoms in total. The van der Waals surface area contributed by atoms with Crippen LogP contribution < -0.4 is 0 Å². The summed E-state index contributed by atoms with van der Waals surface area (Å²) in [6, 6.07) is 14.6. The third-order valence-electron chi connectivity index (χ3n) is 3.72. The molecule has 0 amide bonds. The Bertz CT molecular complexity index is 962. The molecule has 0 N–H and O–H groups in total. The summed E-state index contributed by atoms with van der Waals surface area (Å²) >= 11 is 12.2. The predicted octanol–water partition coefficient (Wildman–Crippen LogP) is 5.10. The summed E-state index contributed by atoms with van der Waals surface area (Å²) in [5.41, 5.74) is 2.59. The van der Waals surface area contributed by atoms with Crippen LogP contribution in [-0.2, 0) is 0 Å². The van der Waals surface area contributed by atoms with E-state index in [1.165, 1.54) is 0 Å². The maximum absolute atomic E-state index is 13.1. The summed E-state index contributed by atoms with van der Waals surface area (Å²) in [4.78, 5) is 19.3. The maximum atomic E-state index is 13.1. The van der Waals surface area contributed by atoms with E-state index in [0.29, 0.717) is 21.3 Å². The molecule has 3 rings (SSSR count). The standard InChI is InChI=1S/C20H17Cl2N3O/c1-24(2)12-19(20(26)16-9-8-15(21)10-17(16)22)25-11-18(23-13-25)14-6-4-3-5-7-14/h3-13H,1-2H3/b19-12+. The van der Waals surface area contributed by atoms with Gasteiger partial charge in [0.1, 0.15) is 12.0 Å². The molecule has 0 atom stereocenters. The third-order valence-corrected chi connectivity index (χ3v) is 4.27. The van der Waals surface area contributed by atoms with E-state index in [-0.39, 0.29) is 5.78 Å². The van der Waals surface area contributed by atoms with Crippen LogP contribution in [0.2, 0.25) is 10.0 Å². The van der Waals surface area contributed by atoms with Gasteiger partial charge in [0.2, 0.25) is 5.78 Å². The van der Waals surface area contributed by atoms with Crippen molar-refractivity contribution in [3.05, 3.63) is 82.9 Å². The summed E-state index contributed by atoms with van der Waals surface area (Å²) in [5.74, 6) is -0.211. The zero-order chi connectivity index (χ0) is 18.7. The lowest BCUT2D eigenvalue weighted by Gasteiger charge is -2.13. The number of benzene rings is 2. The fourth-order valence-electron chi connectivity index (χ4n) is 2.51. The number of nitrogens with zero attached hydrogens (tertiary/aromatic N) is 3. The van der Waals surface area contributed by atoms with E-state index in [4.69, 9.17) is 23.2 Å². The van der Waals surface area contributed by atoms with E-state index >= 15 is 0 Å². The van der Waals surface area contributed by atoms with Gasteiger partial charge >= 0.3 is 0 Å². The third kappa shape index (κ3) is 3.98. The molecular weight excluding hydrogens is 369 g/mol. The van der Waals surface area contributed by atoms with Crippen LogP contribution in [0.5, 0.6) is 0 Å². The summed E-state index contributed by atoms with van der Waals surface area (Å²) < 4.78 is 1.70. The second-order valence-corrected chi connectivity index (χ2v) is 6.81. The number of rotatable bonds is 5. The minimum Gasteiger partial charge on any atom is -0.382 e. The Kier molecular flexibility index (Phi) is 5.45. The summed E-state index contributed by atoms with van der Waals surface area (Å²) in [6.45, 7) is 0. The number of halogens is 2. The Hall–Kier alpha value is -2.56. The Morgan fingerprint density at radius 3 is 2.50 bits per heavy atom. The van der Waals surface area contributed by atoms with E-state index in [9.17, 15) is 4.79 Å². The van der Waals surface area contributed by atoms with Crippen molar-refractivity contribution in [1.29, 1.82) is 0 Å². The van der Waals surface area contributed by atoms with Crippen molar-refractivity contribution in [1.82, 2.24) is 14.5 Å². The zero-order valence-corrected chi connectivity index (χ0v) is 15.9. The molecule has 132 valence electrons. The lowest BCUT2D eigenvalue weighted by Crippen LogP contribution is -2.13. The average Bonchev–Trinajstić information content (AvgIpc) is 3.09. The molecule has 0 aliphatic carbocycles. The van der Waals surface area contributed by atoms with Crippen molar-refractivity contribution in [3.63, 3.8) is 0 Å². The van der Waals surface area contributed by atoms with Gasteiger partial charge in [-0.15, -0.1) is 0 Å².